The molecule has 0 bridgehead atoms. The number of aliphatic carboxylic acids is 1. The fourth-order valence-corrected chi connectivity index (χ4v) is 2.21. The van der Waals surface area contributed by atoms with Gasteiger partial charge in [-0.25, -0.2) is 0 Å². The number of rotatable bonds is 8. The third kappa shape index (κ3) is 5.03. The number of ether oxygens (including phenoxy) is 1. The van der Waals surface area contributed by atoms with Gasteiger partial charge in [-0.05, 0) is 12.1 Å². The SMILES string of the molecule is N#Cc1cncc(COc2[nH]c(=O)c(Cl)cc2CNC(CO)C(=O)O)c1. The van der Waals surface area contributed by atoms with Crippen LogP contribution in [0.1, 0.15) is 16.7 Å². The number of aliphatic hydroxyl groups excluding tert-OH is 1. The molecule has 0 amide bonds. The molecule has 2 rings (SSSR count). The third-order valence-electron chi connectivity index (χ3n) is 3.36. The summed E-state index contributed by atoms with van der Waals surface area (Å²) >= 11 is 5.82. The minimum Gasteiger partial charge on any atom is -0.480 e. The van der Waals surface area contributed by atoms with Crippen molar-refractivity contribution in [2.24, 2.45) is 0 Å². The van der Waals surface area contributed by atoms with Crippen molar-refractivity contribution in [3.05, 3.63) is 56.6 Å². The number of nitrogens with one attached hydrogen (secondary N) is 2. The first kappa shape index (κ1) is 19.4. The van der Waals surface area contributed by atoms with Crippen molar-refractivity contribution in [1.82, 2.24) is 15.3 Å². The van der Waals surface area contributed by atoms with Crippen LogP contribution >= 0.6 is 11.6 Å². The Balaban J connectivity index is 2.18. The number of hydrogen-bond donors (Lipinski definition) is 4. The average Bonchev–Trinajstić information content (AvgIpc) is 2.63. The Bertz CT molecular complexity index is 893. The molecule has 2 aromatic rings. The molecular weight excluding hydrogens is 364 g/mol. The first-order valence-corrected chi connectivity index (χ1v) is 7.78. The normalized spacial score (nSPS) is 11.6. The van der Waals surface area contributed by atoms with Crippen molar-refractivity contribution in [3.63, 3.8) is 0 Å². The summed E-state index contributed by atoms with van der Waals surface area (Å²) in [6.07, 6.45) is 2.92. The lowest BCUT2D eigenvalue weighted by molar-refractivity contribution is -0.140. The summed E-state index contributed by atoms with van der Waals surface area (Å²) in [6, 6.07) is 3.72. The number of H-pyrrole nitrogens is 1. The van der Waals surface area contributed by atoms with Crippen molar-refractivity contribution in [2.75, 3.05) is 6.61 Å². The number of carbonyl (C=O) groups is 1. The number of aromatic nitrogens is 2. The molecular formula is C16H15ClN4O5. The number of aliphatic hydroxyl groups is 1. The summed E-state index contributed by atoms with van der Waals surface area (Å²) in [6.45, 7) is -0.593. The molecule has 0 fully saturated rings. The van der Waals surface area contributed by atoms with Crippen molar-refractivity contribution in [2.45, 2.75) is 19.2 Å². The Morgan fingerprint density at radius 1 is 1.46 bits per heavy atom. The molecule has 4 N–H and O–H groups in total. The molecule has 0 aliphatic heterocycles. The Kier molecular flexibility index (Phi) is 6.68. The van der Waals surface area contributed by atoms with E-state index in [1.807, 2.05) is 6.07 Å². The first-order chi connectivity index (χ1) is 12.4. The van der Waals surface area contributed by atoms with E-state index in [-0.39, 0.29) is 24.1 Å². The molecule has 0 aliphatic rings. The second-order valence-electron chi connectivity index (χ2n) is 5.24. The summed E-state index contributed by atoms with van der Waals surface area (Å²) < 4.78 is 5.57. The summed E-state index contributed by atoms with van der Waals surface area (Å²) in [5.41, 5.74) is 0.812. The van der Waals surface area contributed by atoms with Crippen LogP contribution in [0.5, 0.6) is 5.88 Å². The molecule has 0 spiro atoms. The maximum absolute atomic E-state index is 11.7. The average molecular weight is 379 g/mol. The van der Waals surface area contributed by atoms with Crippen molar-refractivity contribution < 1.29 is 19.7 Å². The van der Waals surface area contributed by atoms with Gasteiger partial charge in [-0.15, -0.1) is 0 Å². The van der Waals surface area contributed by atoms with Crippen LogP contribution in [0.2, 0.25) is 5.02 Å². The fraction of sp³-hybridized carbons (Fsp3) is 0.250. The standard InChI is InChI=1S/C16H15ClN4O5/c17-12-2-11(6-20-13(7-22)16(24)25)15(21-14(12)23)26-8-10-1-9(3-18)4-19-5-10/h1-2,4-5,13,20,22H,6-8H2,(H,21,23)(H,24,25). The highest BCUT2D eigenvalue weighted by Gasteiger charge is 2.17. The lowest BCUT2D eigenvalue weighted by Gasteiger charge is -2.15. The van der Waals surface area contributed by atoms with Gasteiger partial charge in [0, 0.05) is 30.1 Å². The van der Waals surface area contributed by atoms with Crippen LogP contribution in [-0.4, -0.2) is 38.8 Å². The highest BCUT2D eigenvalue weighted by Crippen LogP contribution is 2.18. The van der Waals surface area contributed by atoms with Gasteiger partial charge in [0.1, 0.15) is 23.7 Å². The van der Waals surface area contributed by atoms with Crippen LogP contribution in [0.25, 0.3) is 0 Å². The highest BCUT2D eigenvalue weighted by molar-refractivity contribution is 6.30. The molecule has 0 saturated heterocycles. The number of carboxylic acid groups (broad SMARTS) is 1. The first-order valence-electron chi connectivity index (χ1n) is 7.40. The Hall–Kier alpha value is -2.93. The Morgan fingerprint density at radius 2 is 2.23 bits per heavy atom. The Morgan fingerprint density at radius 3 is 2.88 bits per heavy atom. The van der Waals surface area contributed by atoms with Crippen molar-refractivity contribution in [1.29, 1.82) is 5.26 Å². The number of carboxylic acids is 1. The van der Waals surface area contributed by atoms with Gasteiger partial charge >= 0.3 is 5.97 Å². The predicted octanol–water partition coefficient (Wildman–Crippen LogP) is 0.409. The molecule has 10 heteroatoms. The molecule has 0 aliphatic carbocycles. The van der Waals surface area contributed by atoms with Gasteiger partial charge in [-0.2, -0.15) is 5.26 Å². The number of hydrogen-bond acceptors (Lipinski definition) is 7. The van der Waals surface area contributed by atoms with E-state index in [1.165, 1.54) is 18.5 Å². The Labute approximate surface area is 152 Å². The van der Waals surface area contributed by atoms with Crippen LogP contribution in [0, 0.1) is 11.3 Å². The smallest absolute Gasteiger partial charge is 0.323 e. The van der Waals surface area contributed by atoms with E-state index in [0.29, 0.717) is 16.7 Å². The van der Waals surface area contributed by atoms with E-state index in [0.717, 1.165) is 0 Å². The maximum atomic E-state index is 11.7. The lowest BCUT2D eigenvalue weighted by atomic mass is 10.2. The van der Waals surface area contributed by atoms with Crippen LogP contribution in [0.15, 0.2) is 29.3 Å². The maximum Gasteiger partial charge on any atom is 0.323 e. The number of nitriles is 1. The zero-order valence-corrected chi connectivity index (χ0v) is 14.2. The molecule has 9 nitrogen and oxygen atoms in total. The van der Waals surface area contributed by atoms with E-state index >= 15 is 0 Å². The minimum absolute atomic E-state index is 0.0140. The summed E-state index contributed by atoms with van der Waals surface area (Å²) in [4.78, 5) is 29.1. The topological polar surface area (TPSA) is 148 Å². The zero-order valence-electron chi connectivity index (χ0n) is 13.4. The molecule has 26 heavy (non-hydrogen) atoms. The van der Waals surface area contributed by atoms with Crippen LogP contribution < -0.4 is 15.6 Å². The molecule has 0 radical (unpaired) electrons. The number of halogens is 1. The van der Waals surface area contributed by atoms with Gasteiger partial charge in [0.05, 0.1) is 12.2 Å². The minimum atomic E-state index is -1.22. The van der Waals surface area contributed by atoms with Gasteiger partial charge in [0.25, 0.3) is 5.56 Å². The van der Waals surface area contributed by atoms with Gasteiger partial charge in [-0.1, -0.05) is 11.6 Å². The predicted molar refractivity (Wildman–Crippen MR) is 90.7 cm³/mol. The second kappa shape index (κ2) is 8.96. The van der Waals surface area contributed by atoms with Gasteiger partial charge in [-0.3, -0.25) is 24.9 Å². The van der Waals surface area contributed by atoms with E-state index in [4.69, 9.17) is 31.8 Å². The van der Waals surface area contributed by atoms with Gasteiger partial charge in [0.2, 0.25) is 0 Å². The number of pyridine rings is 2. The van der Waals surface area contributed by atoms with E-state index in [9.17, 15) is 9.59 Å². The third-order valence-corrected chi connectivity index (χ3v) is 3.64. The van der Waals surface area contributed by atoms with Crippen LogP contribution in [0.4, 0.5) is 0 Å². The molecule has 2 aromatic heterocycles. The van der Waals surface area contributed by atoms with E-state index in [2.05, 4.69) is 15.3 Å². The fourth-order valence-electron chi connectivity index (χ4n) is 2.03. The molecule has 0 saturated carbocycles. The molecule has 1 atom stereocenters. The quantitative estimate of drug-likeness (QED) is 0.516. The summed E-state index contributed by atoms with van der Waals surface area (Å²) in [5.74, 6) is -1.12. The van der Waals surface area contributed by atoms with Crippen LogP contribution in [0.3, 0.4) is 0 Å². The summed E-state index contributed by atoms with van der Waals surface area (Å²) in [7, 11) is 0. The second-order valence-corrected chi connectivity index (χ2v) is 5.64. The van der Waals surface area contributed by atoms with Crippen molar-refractivity contribution >= 4 is 17.6 Å². The molecule has 2 heterocycles. The number of aromatic amines is 1. The van der Waals surface area contributed by atoms with Gasteiger partial charge in [0.15, 0.2) is 5.88 Å². The highest BCUT2D eigenvalue weighted by atomic mass is 35.5. The van der Waals surface area contributed by atoms with E-state index in [1.54, 1.807) is 6.07 Å². The summed E-state index contributed by atoms with van der Waals surface area (Å²) in [5, 5.41) is 29.4. The lowest BCUT2D eigenvalue weighted by Crippen LogP contribution is -2.39. The van der Waals surface area contributed by atoms with Gasteiger partial charge < -0.3 is 14.9 Å². The number of nitrogens with zero attached hydrogens (tertiary/aromatic N) is 2. The molecule has 136 valence electrons. The molecule has 0 aromatic carbocycles. The monoisotopic (exact) mass is 378 g/mol. The largest absolute Gasteiger partial charge is 0.480 e. The van der Waals surface area contributed by atoms with Crippen LogP contribution in [-0.2, 0) is 17.9 Å². The zero-order chi connectivity index (χ0) is 19.1. The molecule has 1 unspecified atom stereocenters. The van der Waals surface area contributed by atoms with Crippen molar-refractivity contribution in [3.8, 4) is 11.9 Å². The van der Waals surface area contributed by atoms with E-state index < -0.39 is 24.2 Å².